The van der Waals surface area contributed by atoms with Gasteiger partial charge in [0, 0.05) is 13.0 Å². The molecule has 0 radical (unpaired) electrons. The highest BCUT2D eigenvalue weighted by atomic mass is 28.4. The predicted octanol–water partition coefficient (Wildman–Crippen LogP) is 4.89. The summed E-state index contributed by atoms with van der Waals surface area (Å²) in [4.78, 5) is 17.9. The first-order chi connectivity index (χ1) is 13.8. The number of hydrogen-bond acceptors (Lipinski definition) is 5. The van der Waals surface area contributed by atoms with Crippen LogP contribution in [0.25, 0.3) is 0 Å². The number of amides is 1. The lowest BCUT2D eigenvalue weighted by Crippen LogP contribution is -2.50. The lowest BCUT2D eigenvalue weighted by molar-refractivity contribution is -0.177. The molecule has 0 unspecified atom stereocenters. The van der Waals surface area contributed by atoms with Crippen LogP contribution in [0.4, 0.5) is 0 Å². The molecule has 3 atom stereocenters. The molecule has 0 saturated carbocycles. The quantitative estimate of drug-likeness (QED) is 0.363. The van der Waals surface area contributed by atoms with Crippen molar-refractivity contribution in [2.24, 2.45) is 11.8 Å². The Balaban J connectivity index is 2.89. The van der Waals surface area contributed by atoms with Crippen molar-refractivity contribution in [2.45, 2.75) is 65.5 Å². The molecule has 0 aliphatic heterocycles. The monoisotopic (exact) mass is 439 g/mol. The lowest BCUT2D eigenvalue weighted by Gasteiger charge is -2.42. The number of carbonyl (C=O) groups excluding carboxylic acids is 1. The highest BCUT2D eigenvalue weighted by molar-refractivity contribution is 6.74. The summed E-state index contributed by atoms with van der Waals surface area (Å²) in [6, 6.07) is 7.83. The topological polar surface area (TPSA) is 57.2 Å². The Hall–Kier alpha value is -1.41. The average molecular weight is 440 g/mol. The van der Waals surface area contributed by atoms with E-state index in [1.807, 2.05) is 31.2 Å². The van der Waals surface area contributed by atoms with Gasteiger partial charge in [-0.2, -0.15) is 0 Å². The molecule has 0 aliphatic carbocycles. The maximum absolute atomic E-state index is 12.8. The largest absolute Gasteiger partial charge is 0.497 e. The van der Waals surface area contributed by atoms with Crippen molar-refractivity contribution in [2.75, 3.05) is 27.9 Å². The van der Waals surface area contributed by atoms with E-state index in [0.717, 1.165) is 11.3 Å². The number of methoxy groups -OCH3 is 1. The standard InChI is InChI=1S/C23H41NO5Si/c1-17(15-28-16-19-11-13-20(26-7)14-12-19)21(18(2)22(25)24(6)27-8)29-30(9,10)23(3,4)5/h11-14,17-18,21H,15-16H2,1-10H3/t17-,18+,21-/m0/s1. The molecule has 1 aromatic rings. The van der Waals surface area contributed by atoms with Crippen LogP contribution in [0.15, 0.2) is 24.3 Å². The van der Waals surface area contributed by atoms with Crippen LogP contribution >= 0.6 is 0 Å². The SMILES string of the molecule is COc1ccc(COC[C@H](C)[C@H](O[Si](C)(C)C(C)(C)C)[C@@H](C)C(=O)N(C)OC)cc1. The molecule has 1 aromatic carbocycles. The van der Waals surface area contributed by atoms with Crippen molar-refractivity contribution in [3.8, 4) is 5.75 Å². The summed E-state index contributed by atoms with van der Waals surface area (Å²) in [5.41, 5.74) is 1.08. The Morgan fingerprint density at radius 3 is 2.13 bits per heavy atom. The van der Waals surface area contributed by atoms with Crippen LogP contribution in [-0.4, -0.2) is 53.3 Å². The number of rotatable bonds is 11. The Labute approximate surface area is 183 Å². The fourth-order valence-electron chi connectivity index (χ4n) is 2.92. The highest BCUT2D eigenvalue weighted by Gasteiger charge is 2.43. The van der Waals surface area contributed by atoms with Crippen LogP contribution in [0, 0.1) is 11.8 Å². The molecular weight excluding hydrogens is 398 g/mol. The fraction of sp³-hybridized carbons (Fsp3) is 0.696. The fourth-order valence-corrected chi connectivity index (χ4v) is 4.39. The van der Waals surface area contributed by atoms with Gasteiger partial charge < -0.3 is 13.9 Å². The molecule has 0 aliphatic rings. The second kappa shape index (κ2) is 11.3. The van der Waals surface area contributed by atoms with Gasteiger partial charge in [-0.05, 0) is 35.8 Å². The van der Waals surface area contributed by atoms with Gasteiger partial charge in [-0.3, -0.25) is 9.63 Å². The molecule has 6 nitrogen and oxygen atoms in total. The first-order valence-electron chi connectivity index (χ1n) is 10.5. The minimum absolute atomic E-state index is 0.0431. The second-order valence-corrected chi connectivity index (χ2v) is 14.2. The second-order valence-electron chi connectivity index (χ2n) is 9.49. The van der Waals surface area contributed by atoms with Crippen LogP contribution < -0.4 is 4.74 Å². The minimum atomic E-state index is -2.08. The van der Waals surface area contributed by atoms with Gasteiger partial charge in [0.2, 0.25) is 0 Å². The van der Waals surface area contributed by atoms with E-state index in [2.05, 4.69) is 40.8 Å². The lowest BCUT2D eigenvalue weighted by atomic mass is 9.93. The van der Waals surface area contributed by atoms with Crippen molar-refractivity contribution in [1.29, 1.82) is 0 Å². The molecule has 0 fully saturated rings. The van der Waals surface area contributed by atoms with Gasteiger partial charge in [-0.15, -0.1) is 0 Å². The maximum Gasteiger partial charge on any atom is 0.251 e. The van der Waals surface area contributed by atoms with E-state index in [1.54, 1.807) is 14.2 Å². The van der Waals surface area contributed by atoms with E-state index < -0.39 is 8.32 Å². The predicted molar refractivity (Wildman–Crippen MR) is 123 cm³/mol. The van der Waals surface area contributed by atoms with Gasteiger partial charge in [-0.1, -0.05) is 46.8 Å². The molecular formula is C23H41NO5Si. The van der Waals surface area contributed by atoms with Crippen LogP contribution in [0.1, 0.15) is 40.2 Å². The third-order valence-electron chi connectivity index (χ3n) is 6.07. The van der Waals surface area contributed by atoms with Crippen molar-refractivity contribution >= 4 is 14.2 Å². The third kappa shape index (κ3) is 7.37. The van der Waals surface area contributed by atoms with Crippen molar-refractivity contribution in [3.63, 3.8) is 0 Å². The molecule has 7 heteroatoms. The van der Waals surface area contributed by atoms with Crippen LogP contribution in [-0.2, 0) is 25.4 Å². The first kappa shape index (κ1) is 26.6. The molecule has 0 N–H and O–H groups in total. The molecule has 30 heavy (non-hydrogen) atoms. The van der Waals surface area contributed by atoms with Crippen LogP contribution in [0.5, 0.6) is 5.75 Å². The maximum atomic E-state index is 12.8. The van der Waals surface area contributed by atoms with Gasteiger partial charge in [0.25, 0.3) is 5.91 Å². The van der Waals surface area contributed by atoms with E-state index in [9.17, 15) is 4.79 Å². The van der Waals surface area contributed by atoms with Crippen LogP contribution in [0.3, 0.4) is 0 Å². The Kier molecular flexibility index (Phi) is 10.0. The normalized spacial score (nSPS) is 15.4. The zero-order valence-electron chi connectivity index (χ0n) is 20.4. The van der Waals surface area contributed by atoms with E-state index in [4.69, 9.17) is 18.7 Å². The molecule has 172 valence electrons. The average Bonchev–Trinajstić information content (AvgIpc) is 2.69. The van der Waals surface area contributed by atoms with Gasteiger partial charge in [0.15, 0.2) is 8.32 Å². The van der Waals surface area contributed by atoms with Gasteiger partial charge in [-0.25, -0.2) is 5.06 Å². The summed E-state index contributed by atoms with van der Waals surface area (Å²) in [5.74, 6) is 0.429. The molecule has 0 bridgehead atoms. The summed E-state index contributed by atoms with van der Waals surface area (Å²) < 4.78 is 17.9. The summed E-state index contributed by atoms with van der Waals surface area (Å²) in [6.07, 6.45) is -0.258. The molecule has 0 saturated heterocycles. The van der Waals surface area contributed by atoms with Gasteiger partial charge in [0.05, 0.1) is 39.5 Å². The summed E-state index contributed by atoms with van der Waals surface area (Å²) in [6.45, 7) is 16.0. The smallest absolute Gasteiger partial charge is 0.251 e. The molecule has 1 amide bonds. The zero-order valence-corrected chi connectivity index (χ0v) is 21.4. The molecule has 0 heterocycles. The number of carbonyl (C=O) groups is 1. The van der Waals surface area contributed by atoms with Crippen molar-refractivity contribution in [1.82, 2.24) is 5.06 Å². The number of hydroxylamine groups is 2. The first-order valence-corrected chi connectivity index (χ1v) is 13.4. The summed E-state index contributed by atoms with van der Waals surface area (Å²) in [7, 11) is 2.70. The molecule has 1 rings (SSSR count). The van der Waals surface area contributed by atoms with E-state index in [0.29, 0.717) is 13.2 Å². The Bertz CT molecular complexity index is 657. The van der Waals surface area contributed by atoms with Crippen molar-refractivity contribution in [3.05, 3.63) is 29.8 Å². The molecule has 0 spiro atoms. The number of nitrogens with zero attached hydrogens (tertiary/aromatic N) is 1. The van der Waals surface area contributed by atoms with E-state index in [-0.39, 0.29) is 28.9 Å². The summed E-state index contributed by atoms with van der Waals surface area (Å²) >= 11 is 0. The van der Waals surface area contributed by atoms with Crippen LogP contribution in [0.2, 0.25) is 18.1 Å². The Morgan fingerprint density at radius 2 is 1.67 bits per heavy atom. The number of ether oxygens (including phenoxy) is 2. The molecule has 0 aromatic heterocycles. The summed E-state index contributed by atoms with van der Waals surface area (Å²) in [5, 5.41) is 1.32. The van der Waals surface area contributed by atoms with Crippen molar-refractivity contribution < 1.29 is 23.5 Å². The minimum Gasteiger partial charge on any atom is -0.497 e. The number of benzene rings is 1. The highest BCUT2D eigenvalue weighted by Crippen LogP contribution is 2.39. The third-order valence-corrected chi connectivity index (χ3v) is 10.5. The van der Waals surface area contributed by atoms with E-state index >= 15 is 0 Å². The van der Waals surface area contributed by atoms with E-state index in [1.165, 1.54) is 12.2 Å². The Morgan fingerprint density at radius 1 is 1.10 bits per heavy atom. The van der Waals surface area contributed by atoms with Gasteiger partial charge >= 0.3 is 0 Å². The number of hydrogen-bond donors (Lipinski definition) is 0. The van der Waals surface area contributed by atoms with Gasteiger partial charge in [0.1, 0.15) is 5.75 Å². The zero-order chi connectivity index (χ0) is 23.1.